The molecule has 0 atom stereocenters. The van der Waals surface area contributed by atoms with Gasteiger partial charge in [0.25, 0.3) is 0 Å². The summed E-state index contributed by atoms with van der Waals surface area (Å²) in [6.45, 7) is 7.36. The van der Waals surface area contributed by atoms with Gasteiger partial charge in [-0.15, -0.1) is 0 Å². The van der Waals surface area contributed by atoms with Crippen LogP contribution in [0.5, 0.6) is 0 Å². The van der Waals surface area contributed by atoms with Crippen molar-refractivity contribution in [1.29, 1.82) is 0 Å². The van der Waals surface area contributed by atoms with E-state index in [0.29, 0.717) is 22.5 Å². The Bertz CT molecular complexity index is 715. The van der Waals surface area contributed by atoms with Crippen LogP contribution in [0.3, 0.4) is 0 Å². The lowest BCUT2D eigenvalue weighted by Gasteiger charge is -2.15. The summed E-state index contributed by atoms with van der Waals surface area (Å²) in [6, 6.07) is 5.21. The molecule has 0 saturated carbocycles. The van der Waals surface area contributed by atoms with Gasteiger partial charge in [0, 0.05) is 35.6 Å². The van der Waals surface area contributed by atoms with Crippen molar-refractivity contribution in [2.45, 2.75) is 71.9 Å². The van der Waals surface area contributed by atoms with Crippen LogP contribution in [0.15, 0.2) is 24.3 Å². The van der Waals surface area contributed by atoms with Crippen LogP contribution < -0.4 is 10.6 Å². The fourth-order valence-electron chi connectivity index (χ4n) is 2.92. The van der Waals surface area contributed by atoms with Gasteiger partial charge in [0.2, 0.25) is 11.8 Å². The zero-order chi connectivity index (χ0) is 25.3. The van der Waals surface area contributed by atoms with Crippen molar-refractivity contribution in [2.75, 3.05) is 13.1 Å². The van der Waals surface area contributed by atoms with E-state index < -0.39 is 24.9 Å². The predicted molar refractivity (Wildman–Crippen MR) is 130 cm³/mol. The third-order valence-electron chi connectivity index (χ3n) is 4.48. The van der Waals surface area contributed by atoms with E-state index in [-0.39, 0.29) is 5.91 Å². The van der Waals surface area contributed by atoms with E-state index in [4.69, 9.17) is 23.2 Å². The number of alkyl halides is 3. The molecule has 0 aliphatic rings. The van der Waals surface area contributed by atoms with Crippen LogP contribution in [-0.4, -0.2) is 31.1 Å². The van der Waals surface area contributed by atoms with Crippen molar-refractivity contribution in [3.05, 3.63) is 39.9 Å². The molecule has 2 N–H and O–H groups in total. The standard InChI is InChI=1S/C17H23Cl2NO.C7H12F3NO/c1-3-5-13(6-4-2)12-20-17(21)8-7-14-9-15(18)11-16(19)10-14;1-2-5-11-6(12)3-4-7(8,9)10/h7-11,13H,3-6,12H2,1-2H3,(H,20,21);2-5H2,1H3,(H,11,12)/b8-7+;. The van der Waals surface area contributed by atoms with Gasteiger partial charge in [-0.2, -0.15) is 13.2 Å². The second kappa shape index (κ2) is 17.7. The van der Waals surface area contributed by atoms with Gasteiger partial charge in [0.05, 0.1) is 6.42 Å². The number of hydrogen-bond acceptors (Lipinski definition) is 2. The maximum Gasteiger partial charge on any atom is 0.389 e. The van der Waals surface area contributed by atoms with Crippen molar-refractivity contribution >= 4 is 41.1 Å². The number of benzene rings is 1. The second-order valence-electron chi connectivity index (χ2n) is 7.69. The van der Waals surface area contributed by atoms with Gasteiger partial charge in [-0.25, -0.2) is 0 Å². The molecule has 0 spiro atoms. The van der Waals surface area contributed by atoms with E-state index in [1.54, 1.807) is 24.3 Å². The normalized spacial score (nSPS) is 11.3. The maximum atomic E-state index is 11.8. The van der Waals surface area contributed by atoms with Gasteiger partial charge in [-0.05, 0) is 55.0 Å². The summed E-state index contributed by atoms with van der Waals surface area (Å²) >= 11 is 11.8. The molecule has 0 aromatic heterocycles. The summed E-state index contributed by atoms with van der Waals surface area (Å²) in [5.74, 6) is -0.0459. The molecule has 188 valence electrons. The minimum absolute atomic E-state index is 0.0803. The van der Waals surface area contributed by atoms with Gasteiger partial charge in [0.15, 0.2) is 0 Å². The number of halogens is 5. The number of rotatable bonds is 12. The molecular weight excluding hydrogens is 476 g/mol. The minimum Gasteiger partial charge on any atom is -0.356 e. The van der Waals surface area contributed by atoms with E-state index >= 15 is 0 Å². The van der Waals surface area contributed by atoms with Crippen LogP contribution in [0.4, 0.5) is 13.2 Å². The van der Waals surface area contributed by atoms with Crippen LogP contribution in [0.2, 0.25) is 10.0 Å². The first kappa shape index (κ1) is 31.3. The molecule has 0 radical (unpaired) electrons. The van der Waals surface area contributed by atoms with Gasteiger partial charge < -0.3 is 10.6 Å². The Morgan fingerprint density at radius 3 is 2.03 bits per heavy atom. The Balaban J connectivity index is 0.000000728. The van der Waals surface area contributed by atoms with Crippen molar-refractivity contribution in [2.24, 2.45) is 5.92 Å². The second-order valence-corrected chi connectivity index (χ2v) is 8.56. The SMILES string of the molecule is CCCC(CCC)CNC(=O)/C=C/c1cc(Cl)cc(Cl)c1.CCCNC(=O)CCC(F)(F)F. The monoisotopic (exact) mass is 510 g/mol. The third kappa shape index (κ3) is 18.4. The van der Waals surface area contributed by atoms with E-state index in [0.717, 1.165) is 44.2 Å². The molecule has 0 heterocycles. The van der Waals surface area contributed by atoms with Gasteiger partial charge in [-0.3, -0.25) is 9.59 Å². The quantitative estimate of drug-likeness (QED) is 0.292. The molecule has 1 rings (SSSR count). The summed E-state index contributed by atoms with van der Waals surface area (Å²) in [5.41, 5.74) is 0.821. The fourth-order valence-corrected chi connectivity index (χ4v) is 3.46. The Hall–Kier alpha value is -1.73. The summed E-state index contributed by atoms with van der Waals surface area (Å²) < 4.78 is 34.7. The summed E-state index contributed by atoms with van der Waals surface area (Å²) in [4.78, 5) is 22.5. The average molecular weight is 511 g/mol. The molecule has 0 aliphatic heterocycles. The number of nitrogens with one attached hydrogen (secondary N) is 2. The molecule has 4 nitrogen and oxygen atoms in total. The van der Waals surface area contributed by atoms with Crippen LogP contribution >= 0.6 is 23.2 Å². The highest BCUT2D eigenvalue weighted by Gasteiger charge is 2.27. The highest BCUT2D eigenvalue weighted by molar-refractivity contribution is 6.34. The first-order valence-corrected chi connectivity index (χ1v) is 12.0. The van der Waals surface area contributed by atoms with Crippen LogP contribution in [0.1, 0.15) is 71.3 Å². The van der Waals surface area contributed by atoms with E-state index in [9.17, 15) is 22.8 Å². The molecule has 0 aliphatic carbocycles. The number of hydrogen-bond donors (Lipinski definition) is 2. The zero-order valence-electron chi connectivity index (χ0n) is 19.5. The molecule has 0 bridgehead atoms. The lowest BCUT2D eigenvalue weighted by atomic mass is 9.98. The first-order chi connectivity index (χ1) is 15.5. The molecule has 0 fully saturated rings. The number of carbonyl (C=O) groups is 2. The number of amides is 2. The third-order valence-corrected chi connectivity index (χ3v) is 4.91. The lowest BCUT2D eigenvalue weighted by Crippen LogP contribution is -2.27. The summed E-state index contributed by atoms with van der Waals surface area (Å²) in [5, 5.41) is 6.45. The topological polar surface area (TPSA) is 58.2 Å². The van der Waals surface area contributed by atoms with Crippen molar-refractivity contribution in [3.63, 3.8) is 0 Å². The van der Waals surface area contributed by atoms with Gasteiger partial charge >= 0.3 is 6.18 Å². The molecule has 9 heteroatoms. The van der Waals surface area contributed by atoms with Gasteiger partial charge in [0.1, 0.15) is 0 Å². The first-order valence-electron chi connectivity index (χ1n) is 11.3. The molecule has 0 saturated heterocycles. The highest BCUT2D eigenvalue weighted by atomic mass is 35.5. The predicted octanol–water partition coefficient (Wildman–Crippen LogP) is 7.19. The molecule has 1 aromatic rings. The molecular formula is C24H35Cl2F3N2O2. The van der Waals surface area contributed by atoms with Crippen molar-refractivity contribution in [1.82, 2.24) is 10.6 Å². The molecule has 2 amide bonds. The minimum atomic E-state index is -4.23. The molecule has 33 heavy (non-hydrogen) atoms. The molecule has 0 unspecified atom stereocenters. The Labute approximate surface area is 205 Å². The smallest absolute Gasteiger partial charge is 0.356 e. The number of carbonyl (C=O) groups excluding carboxylic acids is 2. The van der Waals surface area contributed by atoms with Crippen molar-refractivity contribution < 1.29 is 22.8 Å². The average Bonchev–Trinajstić information content (AvgIpc) is 2.72. The Morgan fingerprint density at radius 2 is 1.55 bits per heavy atom. The lowest BCUT2D eigenvalue weighted by molar-refractivity contribution is -0.144. The summed E-state index contributed by atoms with van der Waals surface area (Å²) in [6.07, 6.45) is 2.85. The Morgan fingerprint density at radius 1 is 0.970 bits per heavy atom. The van der Waals surface area contributed by atoms with E-state index in [1.807, 2.05) is 6.92 Å². The van der Waals surface area contributed by atoms with Gasteiger partial charge in [-0.1, -0.05) is 56.8 Å². The fraction of sp³-hybridized carbons (Fsp3) is 0.583. The zero-order valence-corrected chi connectivity index (χ0v) is 21.0. The van der Waals surface area contributed by atoms with Crippen molar-refractivity contribution in [3.8, 4) is 0 Å². The molecule has 1 aromatic carbocycles. The highest BCUT2D eigenvalue weighted by Crippen LogP contribution is 2.21. The van der Waals surface area contributed by atoms with E-state index in [1.165, 1.54) is 6.08 Å². The van der Waals surface area contributed by atoms with Crippen LogP contribution in [-0.2, 0) is 9.59 Å². The Kier molecular flexibility index (Phi) is 16.8. The summed E-state index contributed by atoms with van der Waals surface area (Å²) in [7, 11) is 0. The van der Waals surface area contributed by atoms with Crippen LogP contribution in [0, 0.1) is 5.92 Å². The maximum absolute atomic E-state index is 11.8. The van der Waals surface area contributed by atoms with E-state index in [2.05, 4.69) is 24.5 Å². The van der Waals surface area contributed by atoms with Crippen LogP contribution in [0.25, 0.3) is 6.08 Å². The largest absolute Gasteiger partial charge is 0.389 e.